The lowest BCUT2D eigenvalue weighted by Crippen LogP contribution is -2.43. The Balaban J connectivity index is 2.99. The van der Waals surface area contributed by atoms with E-state index in [0.29, 0.717) is 0 Å². The van der Waals surface area contributed by atoms with Crippen LogP contribution in [0.25, 0.3) is 0 Å². The van der Waals surface area contributed by atoms with Gasteiger partial charge < -0.3 is 4.74 Å². The van der Waals surface area contributed by atoms with Gasteiger partial charge in [-0.15, -0.1) is 0 Å². The Bertz CT molecular complexity index is 394. The van der Waals surface area contributed by atoms with Gasteiger partial charge in [-0.3, -0.25) is 4.79 Å². The molecular weight excluding hydrogens is 262 g/mol. The number of hydrogen-bond acceptors (Lipinski definition) is 5. The number of hydrogen-bond donors (Lipinski definition) is 1. The Hall–Kier alpha value is -0.240. The van der Waals surface area contributed by atoms with E-state index in [-0.39, 0.29) is 6.61 Å². The molecule has 0 bridgehead atoms. The lowest BCUT2D eigenvalue weighted by Gasteiger charge is -2.23. The highest BCUT2D eigenvalue weighted by atomic mass is 35.5. The Morgan fingerprint density at radius 2 is 2.33 bits per heavy atom. The number of nitrogens with two attached hydrogens (primary N) is 1. The molecule has 0 aromatic carbocycles. The van der Waals surface area contributed by atoms with Crippen LogP contribution >= 0.6 is 23.4 Å². The molecule has 0 aliphatic carbocycles. The summed E-state index contributed by atoms with van der Waals surface area (Å²) in [6, 6.07) is 0. The second kappa shape index (κ2) is 4.32. The van der Waals surface area contributed by atoms with Crippen molar-refractivity contribution >= 4 is 39.4 Å². The van der Waals surface area contributed by atoms with Gasteiger partial charge in [0.25, 0.3) is 0 Å². The lowest BCUT2D eigenvalue weighted by atomic mass is 10.2. The number of ether oxygens (including phenoxy) is 1. The summed E-state index contributed by atoms with van der Waals surface area (Å²) in [7, 11) is -4.05. The summed E-state index contributed by atoms with van der Waals surface area (Å²) in [5.74, 6) is -1.76. The van der Waals surface area contributed by atoms with Crippen molar-refractivity contribution in [3.63, 3.8) is 0 Å². The number of halogens is 1. The maximum atomic E-state index is 11.4. The van der Waals surface area contributed by atoms with Gasteiger partial charge in [0.15, 0.2) is 0 Å². The fourth-order valence-corrected chi connectivity index (χ4v) is 3.38. The van der Waals surface area contributed by atoms with Crippen LogP contribution in [0.5, 0.6) is 0 Å². The summed E-state index contributed by atoms with van der Waals surface area (Å²) in [5.41, 5.74) is 0. The molecule has 1 heterocycles. The third kappa shape index (κ3) is 2.30. The predicted molar refractivity (Wildman–Crippen MR) is 58.5 cm³/mol. The molecule has 1 aliphatic rings. The van der Waals surface area contributed by atoms with Gasteiger partial charge in [-0.1, -0.05) is 29.4 Å². The maximum Gasteiger partial charge on any atom is 0.316 e. The van der Waals surface area contributed by atoms with E-state index in [0.717, 1.165) is 11.8 Å². The molecule has 5 nitrogen and oxygen atoms in total. The van der Waals surface area contributed by atoms with E-state index in [1.165, 1.54) is 11.5 Å². The largest absolute Gasteiger partial charge is 0.465 e. The maximum absolute atomic E-state index is 11.4. The Morgan fingerprint density at radius 1 is 1.73 bits per heavy atom. The van der Waals surface area contributed by atoms with Crippen molar-refractivity contribution in [2.24, 2.45) is 11.1 Å². The third-order valence-electron chi connectivity index (χ3n) is 1.80. The fraction of sp³-hybridized carbons (Fsp3) is 0.571. The number of sulfonamides is 1. The zero-order chi connectivity index (χ0) is 11.7. The molecule has 1 rings (SSSR count). The number of alkyl halides is 1. The van der Waals surface area contributed by atoms with Crippen LogP contribution in [0, 0.1) is 5.92 Å². The summed E-state index contributed by atoms with van der Waals surface area (Å²) in [4.78, 5) is 11.4. The molecule has 2 N–H and O–H groups in total. The summed E-state index contributed by atoms with van der Waals surface area (Å²) in [6.07, 6.45) is 1.38. The molecule has 0 aromatic rings. The molecule has 0 radical (unpaired) electrons. The van der Waals surface area contributed by atoms with E-state index in [9.17, 15) is 13.2 Å². The van der Waals surface area contributed by atoms with Crippen molar-refractivity contribution in [2.75, 3.05) is 6.61 Å². The molecule has 0 spiro atoms. The van der Waals surface area contributed by atoms with Crippen molar-refractivity contribution in [3.8, 4) is 0 Å². The van der Waals surface area contributed by atoms with Crippen LogP contribution in [0.2, 0.25) is 0 Å². The minimum atomic E-state index is -4.05. The minimum absolute atomic E-state index is 0.158. The average molecular weight is 272 g/mol. The van der Waals surface area contributed by atoms with E-state index in [1.54, 1.807) is 6.92 Å². The number of primary sulfonamides is 1. The third-order valence-corrected chi connectivity index (χ3v) is 5.83. The summed E-state index contributed by atoms with van der Waals surface area (Å²) >= 11 is 6.62. The molecule has 0 aromatic heterocycles. The Morgan fingerprint density at radius 3 is 2.80 bits per heavy atom. The fourth-order valence-electron chi connectivity index (χ4n) is 1.09. The van der Waals surface area contributed by atoms with Crippen LogP contribution < -0.4 is 5.14 Å². The van der Waals surface area contributed by atoms with Gasteiger partial charge in [-0.25, -0.2) is 13.6 Å². The van der Waals surface area contributed by atoms with Gasteiger partial charge in [-0.05, 0) is 12.3 Å². The lowest BCUT2D eigenvalue weighted by molar-refractivity contribution is -0.146. The second-order valence-corrected chi connectivity index (χ2v) is 6.99. The highest BCUT2D eigenvalue weighted by molar-refractivity contribution is 8.17. The predicted octanol–water partition coefficient (Wildman–Crippen LogP) is 0.607. The second-order valence-electron chi connectivity index (χ2n) is 2.80. The van der Waals surface area contributed by atoms with Gasteiger partial charge in [0.05, 0.1) is 6.61 Å². The zero-order valence-electron chi connectivity index (χ0n) is 7.84. The first-order valence-corrected chi connectivity index (χ1v) is 6.85. The highest BCUT2D eigenvalue weighted by Crippen LogP contribution is 2.48. The molecule has 86 valence electrons. The quantitative estimate of drug-likeness (QED) is 0.600. The van der Waals surface area contributed by atoms with Crippen LogP contribution in [0.15, 0.2) is 11.5 Å². The molecule has 2 unspecified atom stereocenters. The Kier molecular flexibility index (Phi) is 3.70. The first kappa shape index (κ1) is 12.8. The number of carbonyl (C=O) groups excluding carboxylic acids is 1. The number of rotatable bonds is 3. The van der Waals surface area contributed by atoms with Crippen LogP contribution in [0.3, 0.4) is 0 Å². The SMILES string of the molecule is CCOC(=O)C1C=CSC1(Cl)S(N)(=O)=O. The van der Waals surface area contributed by atoms with Crippen LogP contribution in [0.4, 0.5) is 0 Å². The molecule has 0 amide bonds. The van der Waals surface area contributed by atoms with Gasteiger partial charge in [0.1, 0.15) is 5.92 Å². The first-order valence-electron chi connectivity index (χ1n) is 4.05. The summed E-state index contributed by atoms with van der Waals surface area (Å²) in [5, 5.41) is 6.40. The average Bonchev–Trinajstić information content (AvgIpc) is 2.48. The van der Waals surface area contributed by atoms with E-state index in [4.69, 9.17) is 21.5 Å². The molecule has 2 atom stereocenters. The molecule has 8 heteroatoms. The van der Waals surface area contributed by atoms with Gasteiger partial charge >= 0.3 is 5.97 Å². The van der Waals surface area contributed by atoms with Crippen LogP contribution in [0.1, 0.15) is 6.92 Å². The smallest absolute Gasteiger partial charge is 0.316 e. The molecule has 0 saturated carbocycles. The standard InChI is InChI=1S/C7H10ClNO4S2/c1-2-13-6(10)5-3-4-14-7(5,8)15(9,11)12/h3-5H,2H2,1H3,(H2,9,11,12). The van der Waals surface area contributed by atoms with Gasteiger partial charge in [-0.2, -0.15) is 0 Å². The van der Waals surface area contributed by atoms with Crippen molar-refractivity contribution in [1.82, 2.24) is 0 Å². The molecule has 15 heavy (non-hydrogen) atoms. The van der Waals surface area contributed by atoms with E-state index in [1.807, 2.05) is 0 Å². The number of carbonyl (C=O) groups is 1. The monoisotopic (exact) mass is 271 g/mol. The normalized spacial score (nSPS) is 30.5. The van der Waals surface area contributed by atoms with Gasteiger partial charge in [0.2, 0.25) is 13.6 Å². The molecule has 0 saturated heterocycles. The first-order chi connectivity index (χ1) is 6.83. The van der Waals surface area contributed by atoms with E-state index >= 15 is 0 Å². The number of thioether (sulfide) groups is 1. The van der Waals surface area contributed by atoms with Crippen molar-refractivity contribution in [3.05, 3.63) is 11.5 Å². The van der Waals surface area contributed by atoms with Crippen molar-refractivity contribution in [1.29, 1.82) is 0 Å². The van der Waals surface area contributed by atoms with Crippen LogP contribution in [-0.4, -0.2) is 24.5 Å². The highest BCUT2D eigenvalue weighted by Gasteiger charge is 2.53. The molecular formula is C7H10ClNO4S2. The summed E-state index contributed by atoms with van der Waals surface area (Å²) < 4.78 is 25.3. The molecule has 0 fully saturated rings. The minimum Gasteiger partial charge on any atom is -0.465 e. The summed E-state index contributed by atoms with van der Waals surface area (Å²) in [6.45, 7) is 1.78. The molecule has 1 aliphatic heterocycles. The van der Waals surface area contributed by atoms with Crippen molar-refractivity contribution < 1.29 is 17.9 Å². The van der Waals surface area contributed by atoms with E-state index in [2.05, 4.69) is 0 Å². The van der Waals surface area contributed by atoms with E-state index < -0.39 is 25.4 Å². The van der Waals surface area contributed by atoms with Crippen LogP contribution in [-0.2, 0) is 19.6 Å². The van der Waals surface area contributed by atoms with Gasteiger partial charge in [0, 0.05) is 0 Å². The number of esters is 1. The topological polar surface area (TPSA) is 86.5 Å². The zero-order valence-corrected chi connectivity index (χ0v) is 10.2. The Labute approximate surface area is 97.0 Å². The van der Waals surface area contributed by atoms with Crippen molar-refractivity contribution in [2.45, 2.75) is 10.5 Å².